The van der Waals surface area contributed by atoms with Crippen molar-refractivity contribution in [3.05, 3.63) is 59.7 Å². The largest absolute Gasteiger partial charge is 0.508 e. The number of aliphatic carboxylic acids is 1. The summed E-state index contributed by atoms with van der Waals surface area (Å²) in [6.07, 6.45) is -1.45. The first-order chi connectivity index (χ1) is 19.7. The number of aromatic hydroxyl groups is 2. The Kier molecular flexibility index (Phi) is 12.2. The van der Waals surface area contributed by atoms with Crippen LogP contribution in [0.1, 0.15) is 30.4 Å². The number of phenols is 2. The maximum Gasteiger partial charge on any atom is 0.326 e. The Labute approximate surface area is 240 Å². The van der Waals surface area contributed by atoms with Gasteiger partial charge in [-0.2, -0.15) is 0 Å². The topological polar surface area (TPSA) is 277 Å². The van der Waals surface area contributed by atoms with Gasteiger partial charge in [-0.3, -0.25) is 24.0 Å². The maximum atomic E-state index is 13.1. The van der Waals surface area contributed by atoms with Crippen LogP contribution >= 0.6 is 0 Å². The van der Waals surface area contributed by atoms with Crippen molar-refractivity contribution in [3.63, 3.8) is 0 Å². The quantitative estimate of drug-likeness (QED) is 0.103. The van der Waals surface area contributed by atoms with Crippen LogP contribution in [0.25, 0.3) is 0 Å². The van der Waals surface area contributed by atoms with Crippen LogP contribution in [0.3, 0.4) is 0 Å². The summed E-state index contributed by atoms with van der Waals surface area (Å²) in [7, 11) is 0. The van der Waals surface area contributed by atoms with E-state index in [4.69, 9.17) is 17.2 Å². The van der Waals surface area contributed by atoms with Gasteiger partial charge in [-0.25, -0.2) is 4.79 Å². The van der Waals surface area contributed by atoms with Gasteiger partial charge in [0.1, 0.15) is 29.6 Å². The van der Waals surface area contributed by atoms with Crippen LogP contribution in [-0.4, -0.2) is 75.0 Å². The minimum Gasteiger partial charge on any atom is -0.508 e. The van der Waals surface area contributed by atoms with E-state index in [1.165, 1.54) is 36.4 Å². The summed E-state index contributed by atoms with van der Waals surface area (Å²) in [6.45, 7) is 0. The predicted molar refractivity (Wildman–Crippen MR) is 147 cm³/mol. The van der Waals surface area contributed by atoms with Crippen molar-refractivity contribution in [2.45, 2.75) is 56.3 Å². The summed E-state index contributed by atoms with van der Waals surface area (Å²) < 4.78 is 0. The second-order valence-corrected chi connectivity index (χ2v) is 9.54. The van der Waals surface area contributed by atoms with Crippen molar-refractivity contribution < 1.29 is 44.1 Å². The molecule has 0 bridgehead atoms. The molecule has 0 radical (unpaired) electrons. The van der Waals surface area contributed by atoms with Gasteiger partial charge in [-0.1, -0.05) is 24.3 Å². The first-order valence-corrected chi connectivity index (χ1v) is 12.8. The molecule has 5 amide bonds. The lowest BCUT2D eigenvalue weighted by Gasteiger charge is -2.24. The van der Waals surface area contributed by atoms with E-state index in [1.54, 1.807) is 12.1 Å². The highest BCUT2D eigenvalue weighted by atomic mass is 16.4. The van der Waals surface area contributed by atoms with Crippen LogP contribution in [-0.2, 0) is 41.6 Å². The molecule has 0 heterocycles. The van der Waals surface area contributed by atoms with E-state index in [0.29, 0.717) is 11.1 Å². The number of rotatable bonds is 16. The lowest BCUT2D eigenvalue weighted by Crippen LogP contribution is -2.58. The van der Waals surface area contributed by atoms with Gasteiger partial charge < -0.3 is 48.5 Å². The second-order valence-electron chi connectivity index (χ2n) is 9.54. The third-order valence-corrected chi connectivity index (χ3v) is 6.07. The van der Waals surface area contributed by atoms with Gasteiger partial charge in [0.2, 0.25) is 29.5 Å². The van der Waals surface area contributed by atoms with Crippen molar-refractivity contribution in [1.29, 1.82) is 0 Å². The molecule has 42 heavy (non-hydrogen) atoms. The molecule has 0 aromatic heterocycles. The Bertz CT molecular complexity index is 1280. The fourth-order valence-corrected chi connectivity index (χ4v) is 3.84. The second kappa shape index (κ2) is 15.6. The fourth-order valence-electron chi connectivity index (χ4n) is 3.84. The van der Waals surface area contributed by atoms with Gasteiger partial charge in [0, 0.05) is 12.8 Å². The van der Waals surface area contributed by atoms with Crippen molar-refractivity contribution in [2.24, 2.45) is 17.2 Å². The molecule has 0 spiro atoms. The SMILES string of the molecule is NC(=O)CCC(NC(=O)C(N)Cc1ccc(O)cc1)C(=O)NC(CC(N)=O)C(=O)NC(Cc1ccc(O)cc1)C(=O)O. The highest BCUT2D eigenvalue weighted by Gasteiger charge is 2.31. The van der Waals surface area contributed by atoms with E-state index in [9.17, 15) is 44.1 Å². The fraction of sp³-hybridized carbons (Fsp3) is 0.333. The summed E-state index contributed by atoms with van der Waals surface area (Å²) in [6, 6.07) is 5.86. The van der Waals surface area contributed by atoms with Crippen LogP contribution in [0.5, 0.6) is 11.5 Å². The number of carbonyl (C=O) groups is 6. The molecule has 0 aliphatic carbocycles. The molecule has 0 aliphatic rings. The van der Waals surface area contributed by atoms with Crippen LogP contribution < -0.4 is 33.2 Å². The number of nitrogens with one attached hydrogen (secondary N) is 3. The zero-order valence-corrected chi connectivity index (χ0v) is 22.5. The number of phenolic OH excluding ortho intramolecular Hbond substituents is 2. The normalized spacial score (nSPS) is 13.5. The van der Waals surface area contributed by atoms with Crippen LogP contribution in [0, 0.1) is 0 Å². The molecule has 12 N–H and O–H groups in total. The number of nitrogens with two attached hydrogens (primary N) is 3. The summed E-state index contributed by atoms with van der Waals surface area (Å²) in [5.41, 5.74) is 17.5. The van der Waals surface area contributed by atoms with E-state index in [1.807, 2.05) is 0 Å². The van der Waals surface area contributed by atoms with E-state index in [-0.39, 0.29) is 37.2 Å². The lowest BCUT2D eigenvalue weighted by molar-refractivity contribution is -0.142. The highest BCUT2D eigenvalue weighted by molar-refractivity contribution is 5.96. The number of primary amides is 2. The Hall–Kier alpha value is -5.18. The Morgan fingerprint density at radius 1 is 0.643 bits per heavy atom. The molecule has 4 atom stereocenters. The van der Waals surface area contributed by atoms with Crippen molar-refractivity contribution in [3.8, 4) is 11.5 Å². The number of carboxylic acids is 1. The Morgan fingerprint density at radius 2 is 1.10 bits per heavy atom. The van der Waals surface area contributed by atoms with E-state index < -0.39 is 66.1 Å². The first-order valence-electron chi connectivity index (χ1n) is 12.8. The third-order valence-electron chi connectivity index (χ3n) is 6.07. The van der Waals surface area contributed by atoms with Crippen LogP contribution in [0.2, 0.25) is 0 Å². The summed E-state index contributed by atoms with van der Waals surface area (Å²) in [5, 5.41) is 35.4. The molecule has 15 nitrogen and oxygen atoms in total. The van der Waals surface area contributed by atoms with E-state index in [2.05, 4.69) is 16.0 Å². The van der Waals surface area contributed by atoms with Crippen LogP contribution in [0.15, 0.2) is 48.5 Å². The zero-order chi connectivity index (χ0) is 31.4. The molecular weight excluding hydrogens is 552 g/mol. The average Bonchev–Trinajstić information content (AvgIpc) is 2.91. The van der Waals surface area contributed by atoms with Crippen LogP contribution in [0.4, 0.5) is 0 Å². The highest BCUT2D eigenvalue weighted by Crippen LogP contribution is 2.13. The molecule has 0 saturated carbocycles. The van der Waals surface area contributed by atoms with Gasteiger partial charge in [0.15, 0.2) is 0 Å². The number of amides is 5. The molecule has 2 aromatic rings. The average molecular weight is 587 g/mol. The number of carbonyl (C=O) groups excluding carboxylic acids is 5. The molecule has 0 fully saturated rings. The van der Waals surface area contributed by atoms with Gasteiger partial charge >= 0.3 is 5.97 Å². The number of carboxylic acid groups (broad SMARTS) is 1. The number of benzene rings is 2. The van der Waals surface area contributed by atoms with Gasteiger partial charge in [-0.05, 0) is 48.2 Å². The van der Waals surface area contributed by atoms with E-state index in [0.717, 1.165) is 0 Å². The number of hydrogen-bond acceptors (Lipinski definition) is 9. The molecule has 226 valence electrons. The van der Waals surface area contributed by atoms with Crippen molar-refractivity contribution in [2.75, 3.05) is 0 Å². The molecule has 2 rings (SSSR count). The maximum absolute atomic E-state index is 13.1. The predicted octanol–water partition coefficient (Wildman–Crippen LogP) is -2.11. The molecular formula is C27H34N6O9. The molecule has 0 saturated heterocycles. The monoisotopic (exact) mass is 586 g/mol. The van der Waals surface area contributed by atoms with Gasteiger partial charge in [0.05, 0.1) is 12.5 Å². The first kappa shape index (κ1) is 33.0. The number of hydrogen-bond donors (Lipinski definition) is 9. The Balaban J connectivity index is 2.15. The Morgan fingerprint density at radius 3 is 1.57 bits per heavy atom. The summed E-state index contributed by atoms with van der Waals surface area (Å²) >= 11 is 0. The zero-order valence-electron chi connectivity index (χ0n) is 22.5. The summed E-state index contributed by atoms with van der Waals surface area (Å²) in [4.78, 5) is 73.7. The standard InChI is InChI=1S/C27H34N6O9/c28-18(11-14-1-5-16(34)6-2-14)24(38)31-19(9-10-22(29)36)25(39)32-20(13-23(30)37)26(40)33-21(27(41)42)12-15-3-7-17(35)8-4-15/h1-8,18-21,34-35H,9-13,28H2,(H2,29,36)(H2,30,37)(H,31,38)(H,32,39)(H,33,40)(H,41,42). The van der Waals surface area contributed by atoms with E-state index >= 15 is 0 Å². The molecule has 15 heteroatoms. The van der Waals surface area contributed by atoms with Gasteiger partial charge in [0.25, 0.3) is 0 Å². The molecule has 0 aliphatic heterocycles. The lowest BCUT2D eigenvalue weighted by atomic mass is 10.0. The molecule has 2 aromatic carbocycles. The van der Waals surface area contributed by atoms with Crippen molar-refractivity contribution >= 4 is 35.5 Å². The summed E-state index contributed by atoms with van der Waals surface area (Å²) in [5.74, 6) is -6.00. The molecule has 4 unspecified atom stereocenters. The van der Waals surface area contributed by atoms with Gasteiger partial charge in [-0.15, -0.1) is 0 Å². The minimum atomic E-state index is -1.63. The minimum absolute atomic E-state index is 0.0181. The third kappa shape index (κ3) is 11.1. The smallest absolute Gasteiger partial charge is 0.326 e. The van der Waals surface area contributed by atoms with Crippen molar-refractivity contribution in [1.82, 2.24) is 16.0 Å².